The van der Waals surface area contributed by atoms with Crippen LogP contribution in [0.1, 0.15) is 30.5 Å². The van der Waals surface area contributed by atoms with Crippen molar-refractivity contribution < 1.29 is 0 Å². The Bertz CT molecular complexity index is 792. The van der Waals surface area contributed by atoms with Crippen LogP contribution in [-0.2, 0) is 12.8 Å². The Balaban J connectivity index is 1.86. The third-order valence-corrected chi connectivity index (χ3v) is 4.27. The van der Waals surface area contributed by atoms with Crippen LogP contribution in [0.15, 0.2) is 30.5 Å². The molecule has 4 nitrogen and oxygen atoms in total. The van der Waals surface area contributed by atoms with E-state index in [1.165, 1.54) is 30.5 Å². The lowest BCUT2D eigenvalue weighted by Crippen LogP contribution is -2.04. The zero-order valence-corrected chi connectivity index (χ0v) is 12.3. The smallest absolute Gasteiger partial charge is 0.219 e. The monoisotopic (exact) mass is 298 g/mol. The van der Waals surface area contributed by atoms with E-state index in [0.29, 0.717) is 11.6 Å². The molecule has 3 aromatic rings. The molecular formula is C16H15ClN4. The van der Waals surface area contributed by atoms with Crippen molar-refractivity contribution in [1.29, 1.82) is 0 Å². The predicted octanol–water partition coefficient (Wildman–Crippen LogP) is 3.71. The fourth-order valence-electron chi connectivity index (χ4n) is 2.90. The molecule has 0 radical (unpaired) electrons. The second-order valence-electron chi connectivity index (χ2n) is 5.44. The largest absolute Gasteiger partial charge is 0.252 e. The van der Waals surface area contributed by atoms with Gasteiger partial charge in [0.05, 0.1) is 5.69 Å². The molecule has 1 aromatic carbocycles. The van der Waals surface area contributed by atoms with Crippen molar-refractivity contribution in [2.45, 2.75) is 32.1 Å². The van der Waals surface area contributed by atoms with E-state index in [1.54, 1.807) is 0 Å². The van der Waals surface area contributed by atoms with Crippen LogP contribution in [0.5, 0.6) is 0 Å². The van der Waals surface area contributed by atoms with E-state index in [2.05, 4.69) is 15.1 Å². The fraction of sp³-hybridized carbons (Fsp3) is 0.312. The molecule has 2 heterocycles. The molecule has 0 atom stereocenters. The van der Waals surface area contributed by atoms with Gasteiger partial charge in [-0.1, -0.05) is 18.0 Å². The van der Waals surface area contributed by atoms with Gasteiger partial charge in [-0.05, 0) is 55.5 Å². The molecule has 0 unspecified atom stereocenters. The molecule has 0 fully saturated rings. The molecule has 106 valence electrons. The van der Waals surface area contributed by atoms with Gasteiger partial charge in [0.15, 0.2) is 5.82 Å². The molecule has 0 amide bonds. The molecule has 0 aliphatic heterocycles. The summed E-state index contributed by atoms with van der Waals surface area (Å²) in [6.07, 6.45) is 7.83. The van der Waals surface area contributed by atoms with E-state index in [-0.39, 0.29) is 0 Å². The van der Waals surface area contributed by atoms with Crippen LogP contribution in [-0.4, -0.2) is 19.6 Å². The third-order valence-electron chi connectivity index (χ3n) is 4.01. The Morgan fingerprint density at radius 3 is 2.67 bits per heavy atom. The number of halogens is 1. The van der Waals surface area contributed by atoms with Gasteiger partial charge in [0, 0.05) is 16.8 Å². The third kappa shape index (κ3) is 2.29. The normalized spacial score (nSPS) is 14.9. The van der Waals surface area contributed by atoms with Crippen LogP contribution in [0.2, 0.25) is 5.02 Å². The van der Waals surface area contributed by atoms with Crippen molar-refractivity contribution in [2.24, 2.45) is 0 Å². The van der Waals surface area contributed by atoms with Gasteiger partial charge in [-0.3, -0.25) is 0 Å². The summed E-state index contributed by atoms with van der Waals surface area (Å²) in [6, 6.07) is 7.60. The van der Waals surface area contributed by atoms with Gasteiger partial charge in [-0.15, -0.1) is 5.10 Å². The van der Waals surface area contributed by atoms with Gasteiger partial charge < -0.3 is 0 Å². The molecule has 0 N–H and O–H groups in total. The van der Waals surface area contributed by atoms with Crippen LogP contribution in [0.25, 0.3) is 17.2 Å². The van der Waals surface area contributed by atoms with Gasteiger partial charge in [-0.25, -0.2) is 9.50 Å². The summed E-state index contributed by atoms with van der Waals surface area (Å²) in [5.41, 5.74) is 3.55. The van der Waals surface area contributed by atoms with Crippen LogP contribution in [0, 0.1) is 0 Å². The Morgan fingerprint density at radius 2 is 1.81 bits per heavy atom. The number of aryl methyl sites for hydroxylation is 2. The van der Waals surface area contributed by atoms with E-state index >= 15 is 0 Å². The number of aromatic nitrogens is 4. The van der Waals surface area contributed by atoms with E-state index in [1.807, 2.05) is 35.0 Å². The topological polar surface area (TPSA) is 43.1 Å². The number of rotatable bonds is 1. The Kier molecular flexibility index (Phi) is 3.11. The minimum atomic E-state index is 0.681. The lowest BCUT2D eigenvalue weighted by Gasteiger charge is -2.05. The maximum Gasteiger partial charge on any atom is 0.252 e. The van der Waals surface area contributed by atoms with E-state index in [0.717, 1.165) is 23.4 Å². The molecule has 0 saturated heterocycles. The van der Waals surface area contributed by atoms with Gasteiger partial charge >= 0.3 is 0 Å². The van der Waals surface area contributed by atoms with Crippen molar-refractivity contribution in [2.75, 3.05) is 0 Å². The summed E-state index contributed by atoms with van der Waals surface area (Å²) in [6.45, 7) is 0. The fourth-order valence-corrected chi connectivity index (χ4v) is 3.02. The lowest BCUT2D eigenvalue weighted by atomic mass is 10.1. The van der Waals surface area contributed by atoms with E-state index in [9.17, 15) is 0 Å². The Morgan fingerprint density at radius 1 is 1.00 bits per heavy atom. The minimum Gasteiger partial charge on any atom is -0.219 e. The molecule has 0 saturated carbocycles. The molecule has 1 aliphatic carbocycles. The van der Waals surface area contributed by atoms with Crippen molar-refractivity contribution in [3.63, 3.8) is 0 Å². The van der Waals surface area contributed by atoms with Gasteiger partial charge in [-0.2, -0.15) is 4.98 Å². The number of hydrogen-bond donors (Lipinski definition) is 0. The zero-order valence-electron chi connectivity index (χ0n) is 11.6. The first-order valence-corrected chi connectivity index (χ1v) is 7.68. The number of benzene rings is 1. The van der Waals surface area contributed by atoms with Crippen LogP contribution < -0.4 is 0 Å². The first-order valence-electron chi connectivity index (χ1n) is 7.31. The Hall–Kier alpha value is -1.94. The quantitative estimate of drug-likeness (QED) is 0.643. The summed E-state index contributed by atoms with van der Waals surface area (Å²) in [5, 5.41) is 5.38. The molecular weight excluding hydrogens is 284 g/mol. The second kappa shape index (κ2) is 5.11. The number of hydrogen-bond acceptors (Lipinski definition) is 3. The van der Waals surface area contributed by atoms with Crippen molar-refractivity contribution in [1.82, 2.24) is 19.6 Å². The van der Waals surface area contributed by atoms with Gasteiger partial charge in [0.2, 0.25) is 0 Å². The second-order valence-corrected chi connectivity index (χ2v) is 5.88. The van der Waals surface area contributed by atoms with Crippen LogP contribution in [0.4, 0.5) is 0 Å². The average Bonchev–Trinajstić information content (AvgIpc) is 2.79. The summed E-state index contributed by atoms with van der Waals surface area (Å²) < 4.78 is 1.92. The number of fused-ring (bicyclic) bond motifs is 3. The predicted molar refractivity (Wildman–Crippen MR) is 82.5 cm³/mol. The van der Waals surface area contributed by atoms with Crippen molar-refractivity contribution in [3.8, 4) is 11.4 Å². The molecule has 0 bridgehead atoms. The highest BCUT2D eigenvalue weighted by molar-refractivity contribution is 6.30. The molecule has 21 heavy (non-hydrogen) atoms. The minimum absolute atomic E-state index is 0.681. The zero-order chi connectivity index (χ0) is 14.2. The first kappa shape index (κ1) is 12.8. The van der Waals surface area contributed by atoms with Crippen molar-refractivity contribution >= 4 is 17.4 Å². The van der Waals surface area contributed by atoms with Gasteiger partial charge in [0.1, 0.15) is 0 Å². The maximum absolute atomic E-state index is 5.93. The summed E-state index contributed by atoms with van der Waals surface area (Å²) in [7, 11) is 0. The highest BCUT2D eigenvalue weighted by Crippen LogP contribution is 2.23. The summed E-state index contributed by atoms with van der Waals surface area (Å²) >= 11 is 5.93. The van der Waals surface area contributed by atoms with Crippen molar-refractivity contribution in [3.05, 3.63) is 46.7 Å². The molecule has 5 heteroatoms. The maximum atomic E-state index is 5.93. The van der Waals surface area contributed by atoms with E-state index in [4.69, 9.17) is 11.6 Å². The Labute approximate surface area is 127 Å². The molecule has 4 rings (SSSR count). The summed E-state index contributed by atoms with van der Waals surface area (Å²) in [4.78, 5) is 9.01. The van der Waals surface area contributed by atoms with Gasteiger partial charge in [0.25, 0.3) is 5.78 Å². The highest BCUT2D eigenvalue weighted by Gasteiger charge is 2.15. The van der Waals surface area contributed by atoms with Crippen LogP contribution in [0.3, 0.4) is 0 Å². The lowest BCUT2D eigenvalue weighted by molar-refractivity contribution is 0.702. The van der Waals surface area contributed by atoms with Crippen LogP contribution >= 0.6 is 11.6 Å². The summed E-state index contributed by atoms with van der Waals surface area (Å²) in [5.74, 6) is 1.39. The first-order chi connectivity index (χ1) is 10.3. The average molecular weight is 299 g/mol. The highest BCUT2D eigenvalue weighted by atomic mass is 35.5. The molecule has 2 aromatic heterocycles. The number of nitrogens with zero attached hydrogens (tertiary/aromatic N) is 4. The molecule has 1 aliphatic rings. The molecule has 0 spiro atoms. The van der Waals surface area contributed by atoms with E-state index < -0.39 is 0 Å². The SMILES string of the molecule is Clc1ccc(-c2nc3ncc4c(n3n2)CCCCC4)cc1. The standard InChI is InChI=1S/C16H15ClN4/c17-13-8-6-11(7-9-13)15-19-16-18-10-12-4-2-1-3-5-14(12)21(16)20-15/h6-10H,1-5H2.